The molecule has 0 saturated heterocycles. The van der Waals surface area contributed by atoms with E-state index in [1.807, 2.05) is 17.4 Å². The Balaban J connectivity index is 2.70. The van der Waals surface area contributed by atoms with Gasteiger partial charge in [0, 0.05) is 5.70 Å². The van der Waals surface area contributed by atoms with Crippen LogP contribution >= 0.6 is 0 Å². The first-order chi connectivity index (χ1) is 5.91. The van der Waals surface area contributed by atoms with Crippen LogP contribution in [0.25, 0.3) is 0 Å². The molecule has 0 aromatic heterocycles. The van der Waals surface area contributed by atoms with E-state index in [-0.39, 0.29) is 5.54 Å². The molecule has 3 heteroatoms. The van der Waals surface area contributed by atoms with Crippen LogP contribution in [0.1, 0.15) is 34.6 Å². The minimum absolute atomic E-state index is 0.0188. The summed E-state index contributed by atoms with van der Waals surface area (Å²) in [5.74, 6) is 0.511. The summed E-state index contributed by atoms with van der Waals surface area (Å²) in [6, 6.07) is 0. The number of rotatable bonds is 1. The van der Waals surface area contributed by atoms with E-state index in [0.29, 0.717) is 5.92 Å². The van der Waals surface area contributed by atoms with Crippen molar-refractivity contribution in [3.8, 4) is 0 Å². The van der Waals surface area contributed by atoms with Crippen LogP contribution in [-0.2, 0) is 0 Å². The van der Waals surface area contributed by atoms with Crippen LogP contribution in [0.15, 0.2) is 16.9 Å². The van der Waals surface area contributed by atoms with Crippen LogP contribution in [0.3, 0.4) is 0 Å². The third-order valence-corrected chi connectivity index (χ3v) is 1.93. The summed E-state index contributed by atoms with van der Waals surface area (Å²) in [4.78, 5) is 0. The van der Waals surface area contributed by atoms with Gasteiger partial charge in [0.1, 0.15) is 0 Å². The normalized spacial score (nSPS) is 17.4. The Morgan fingerprint density at radius 3 is 2.46 bits per heavy atom. The van der Waals surface area contributed by atoms with E-state index in [0.717, 1.165) is 0 Å². The van der Waals surface area contributed by atoms with Gasteiger partial charge in [-0.15, -0.1) is 0 Å². The summed E-state index contributed by atoms with van der Waals surface area (Å²) >= 11 is 0. The Labute approximate surface area is 80.5 Å². The molecule has 1 aliphatic rings. The molecule has 0 saturated carbocycles. The molecule has 13 heavy (non-hydrogen) atoms. The second-order valence-electron chi connectivity index (χ2n) is 4.64. The maximum Gasteiger partial charge on any atom is 0.0717 e. The number of hydrazine groups is 1. The fourth-order valence-electron chi connectivity index (χ4n) is 1.03. The molecular weight excluding hydrogens is 162 g/mol. The first kappa shape index (κ1) is 10.1. The predicted molar refractivity (Wildman–Crippen MR) is 56.1 cm³/mol. The standard InChI is InChI=1S/C10H19N3/c1-8(2)9-6-7-11-13(12-9)10(3,4)5/h6-8,12H,1-5H3. The monoisotopic (exact) mass is 181 g/mol. The first-order valence-corrected chi connectivity index (χ1v) is 4.72. The van der Waals surface area contributed by atoms with Crippen molar-refractivity contribution in [3.05, 3.63) is 11.8 Å². The molecule has 1 N–H and O–H groups in total. The minimum Gasteiger partial charge on any atom is -0.286 e. The smallest absolute Gasteiger partial charge is 0.0717 e. The van der Waals surface area contributed by atoms with Gasteiger partial charge in [-0.25, -0.2) is 5.12 Å². The second-order valence-corrected chi connectivity index (χ2v) is 4.64. The molecule has 1 aliphatic heterocycles. The van der Waals surface area contributed by atoms with Crippen LogP contribution in [0.2, 0.25) is 0 Å². The van der Waals surface area contributed by atoms with Crippen molar-refractivity contribution in [2.24, 2.45) is 11.0 Å². The van der Waals surface area contributed by atoms with Crippen molar-refractivity contribution >= 4 is 6.21 Å². The van der Waals surface area contributed by atoms with Crippen LogP contribution < -0.4 is 5.43 Å². The van der Waals surface area contributed by atoms with E-state index in [1.54, 1.807) is 0 Å². The minimum atomic E-state index is 0.0188. The Morgan fingerprint density at radius 1 is 1.38 bits per heavy atom. The highest BCUT2D eigenvalue weighted by molar-refractivity contribution is 5.72. The van der Waals surface area contributed by atoms with Gasteiger partial charge in [-0.05, 0) is 32.8 Å². The number of hydrazone groups is 1. The number of nitrogens with zero attached hydrogens (tertiary/aromatic N) is 2. The fraction of sp³-hybridized carbons (Fsp3) is 0.700. The van der Waals surface area contributed by atoms with Gasteiger partial charge in [0.2, 0.25) is 0 Å². The molecule has 0 aromatic carbocycles. The van der Waals surface area contributed by atoms with Gasteiger partial charge in [0.25, 0.3) is 0 Å². The number of hydrogen-bond donors (Lipinski definition) is 1. The van der Waals surface area contributed by atoms with Gasteiger partial charge in [-0.2, -0.15) is 5.10 Å². The molecule has 0 aliphatic carbocycles. The fourth-order valence-corrected chi connectivity index (χ4v) is 1.03. The molecule has 0 fully saturated rings. The van der Waals surface area contributed by atoms with Crippen molar-refractivity contribution in [3.63, 3.8) is 0 Å². The number of nitrogens with one attached hydrogen (secondary N) is 1. The van der Waals surface area contributed by atoms with Crippen molar-refractivity contribution in [1.29, 1.82) is 0 Å². The molecule has 0 atom stereocenters. The molecule has 1 rings (SSSR count). The van der Waals surface area contributed by atoms with E-state index in [4.69, 9.17) is 0 Å². The summed E-state index contributed by atoms with van der Waals surface area (Å²) in [6.07, 6.45) is 3.87. The highest BCUT2D eigenvalue weighted by atomic mass is 15.7. The Morgan fingerprint density at radius 2 is 2.00 bits per heavy atom. The maximum absolute atomic E-state index is 4.25. The summed E-state index contributed by atoms with van der Waals surface area (Å²) in [7, 11) is 0. The van der Waals surface area contributed by atoms with Crippen molar-refractivity contribution in [1.82, 2.24) is 10.5 Å². The van der Waals surface area contributed by atoms with Crippen LogP contribution in [0.4, 0.5) is 0 Å². The Kier molecular flexibility index (Phi) is 2.64. The molecule has 0 bridgehead atoms. The van der Waals surface area contributed by atoms with Crippen molar-refractivity contribution in [2.45, 2.75) is 40.2 Å². The van der Waals surface area contributed by atoms with Gasteiger partial charge in [-0.3, -0.25) is 5.43 Å². The quantitative estimate of drug-likeness (QED) is 0.671. The van der Waals surface area contributed by atoms with E-state index >= 15 is 0 Å². The number of hydrogen-bond acceptors (Lipinski definition) is 3. The third-order valence-electron chi connectivity index (χ3n) is 1.93. The average molecular weight is 181 g/mol. The molecule has 0 radical (unpaired) electrons. The Bertz CT molecular complexity index is 233. The summed E-state index contributed by atoms with van der Waals surface area (Å²) in [5.41, 5.74) is 4.52. The SMILES string of the molecule is CC(C)C1=CC=NN(C(C)(C)C)N1. The Hall–Kier alpha value is -0.990. The van der Waals surface area contributed by atoms with Gasteiger partial charge >= 0.3 is 0 Å². The first-order valence-electron chi connectivity index (χ1n) is 4.72. The highest BCUT2D eigenvalue weighted by Crippen LogP contribution is 2.16. The second kappa shape index (κ2) is 3.40. The summed E-state index contributed by atoms with van der Waals surface area (Å²) in [6.45, 7) is 10.7. The third kappa shape index (κ3) is 2.47. The van der Waals surface area contributed by atoms with E-state index in [1.165, 1.54) is 5.70 Å². The lowest BCUT2D eigenvalue weighted by Crippen LogP contribution is -2.48. The topological polar surface area (TPSA) is 27.6 Å². The van der Waals surface area contributed by atoms with Gasteiger partial charge in [-0.1, -0.05) is 13.8 Å². The zero-order chi connectivity index (χ0) is 10.1. The van der Waals surface area contributed by atoms with Gasteiger partial charge in [0.15, 0.2) is 0 Å². The largest absolute Gasteiger partial charge is 0.286 e. The lowest BCUT2D eigenvalue weighted by molar-refractivity contribution is 0.0872. The molecule has 74 valence electrons. The van der Waals surface area contributed by atoms with Gasteiger partial charge < -0.3 is 0 Å². The summed E-state index contributed by atoms with van der Waals surface area (Å²) in [5, 5.41) is 6.15. The molecule has 0 spiro atoms. The highest BCUT2D eigenvalue weighted by Gasteiger charge is 2.22. The van der Waals surface area contributed by atoms with Gasteiger partial charge in [0.05, 0.1) is 11.8 Å². The van der Waals surface area contributed by atoms with Crippen LogP contribution in [0.5, 0.6) is 0 Å². The van der Waals surface area contributed by atoms with Crippen molar-refractivity contribution < 1.29 is 0 Å². The van der Waals surface area contributed by atoms with E-state index in [9.17, 15) is 0 Å². The van der Waals surface area contributed by atoms with E-state index < -0.39 is 0 Å². The molecule has 0 unspecified atom stereocenters. The van der Waals surface area contributed by atoms with Crippen LogP contribution in [-0.4, -0.2) is 16.9 Å². The molecule has 0 aromatic rings. The van der Waals surface area contributed by atoms with E-state index in [2.05, 4.69) is 45.1 Å². The molecule has 0 amide bonds. The lowest BCUT2D eigenvalue weighted by Gasteiger charge is -2.36. The summed E-state index contributed by atoms with van der Waals surface area (Å²) < 4.78 is 0. The molecular formula is C10H19N3. The van der Waals surface area contributed by atoms with Crippen molar-refractivity contribution in [2.75, 3.05) is 0 Å². The zero-order valence-electron chi connectivity index (χ0n) is 9.13. The maximum atomic E-state index is 4.25. The molecule has 3 nitrogen and oxygen atoms in total. The van der Waals surface area contributed by atoms with Crippen LogP contribution in [0, 0.1) is 5.92 Å². The average Bonchev–Trinajstić information content (AvgIpc) is 2.03. The predicted octanol–water partition coefficient (Wildman–Crippen LogP) is 2.13. The zero-order valence-corrected chi connectivity index (χ0v) is 9.13. The lowest BCUT2D eigenvalue weighted by atomic mass is 10.1. The number of allylic oxidation sites excluding steroid dienone is 2. The molecule has 1 heterocycles.